The summed E-state index contributed by atoms with van der Waals surface area (Å²) in [5.74, 6) is 0.778. The average Bonchev–Trinajstić information content (AvgIpc) is 2.96. The number of hydrogen-bond acceptors (Lipinski definition) is 3. The average molecular weight is 429 g/mol. The van der Waals surface area contributed by atoms with Crippen LogP contribution in [0.2, 0.25) is 0 Å². The largest absolute Gasteiger partial charge is 0.481 e. The molecule has 0 aliphatic heterocycles. The number of carbonyl (C=O) groups is 3. The van der Waals surface area contributed by atoms with E-state index in [9.17, 15) is 14.4 Å². The molecule has 0 radical (unpaired) electrons. The Kier molecular flexibility index (Phi) is 5.15. The lowest BCUT2D eigenvalue weighted by atomic mass is 9.43. The van der Waals surface area contributed by atoms with Gasteiger partial charge >= 0.3 is 5.97 Å². The van der Waals surface area contributed by atoms with E-state index in [4.69, 9.17) is 5.11 Å². The molecule has 4 rings (SSSR count). The normalized spacial score (nSPS) is 42.6. The molecule has 1 N–H and O–H groups in total. The molecule has 0 amide bonds. The number of carboxylic acids is 1. The van der Waals surface area contributed by atoms with Crippen LogP contribution >= 0.6 is 0 Å². The monoisotopic (exact) mass is 428 g/mol. The summed E-state index contributed by atoms with van der Waals surface area (Å²) in [4.78, 5) is 37.6. The van der Waals surface area contributed by atoms with Crippen molar-refractivity contribution in [3.05, 3.63) is 11.1 Å². The van der Waals surface area contributed by atoms with Gasteiger partial charge in [-0.15, -0.1) is 0 Å². The lowest BCUT2D eigenvalue weighted by Crippen LogP contribution is -2.56. The van der Waals surface area contributed by atoms with Gasteiger partial charge in [-0.25, -0.2) is 0 Å². The lowest BCUT2D eigenvalue weighted by Gasteiger charge is -2.60. The van der Waals surface area contributed by atoms with Gasteiger partial charge in [0.15, 0.2) is 5.78 Å². The number of fused-ring (bicyclic) bond motifs is 4. The van der Waals surface area contributed by atoms with Gasteiger partial charge in [0.05, 0.1) is 0 Å². The molecule has 4 aliphatic rings. The summed E-state index contributed by atoms with van der Waals surface area (Å²) in [5.41, 5.74) is 1.87. The number of ketones is 2. The molecule has 2 fully saturated rings. The van der Waals surface area contributed by atoms with Crippen molar-refractivity contribution in [1.82, 2.24) is 0 Å². The van der Waals surface area contributed by atoms with Crippen LogP contribution in [0.15, 0.2) is 11.1 Å². The Labute approximate surface area is 187 Å². The van der Waals surface area contributed by atoms with Gasteiger partial charge < -0.3 is 5.11 Å². The SMILES string of the molecule is C[C@H](CCC(=O)O)[C@H]1CC[C@@]2(C)C3=C(CC[C@]12C)[C@@]1(C)CCC(=O)C(C)(C)[C@@H]1CC3=O. The molecule has 0 aromatic carbocycles. The summed E-state index contributed by atoms with van der Waals surface area (Å²) in [7, 11) is 0. The van der Waals surface area contributed by atoms with Crippen LogP contribution in [0.5, 0.6) is 0 Å². The molecule has 4 heteroatoms. The topological polar surface area (TPSA) is 71.4 Å². The molecule has 31 heavy (non-hydrogen) atoms. The van der Waals surface area contributed by atoms with Crippen LogP contribution in [0.1, 0.15) is 99.3 Å². The smallest absolute Gasteiger partial charge is 0.303 e. The molecule has 0 heterocycles. The van der Waals surface area contributed by atoms with Crippen LogP contribution < -0.4 is 0 Å². The third-order valence-electron chi connectivity index (χ3n) is 10.9. The number of allylic oxidation sites excluding steroid dienone is 2. The Hall–Kier alpha value is -1.45. The molecule has 4 nitrogen and oxygen atoms in total. The minimum Gasteiger partial charge on any atom is -0.481 e. The van der Waals surface area contributed by atoms with Crippen molar-refractivity contribution in [3.8, 4) is 0 Å². The molecule has 6 atom stereocenters. The predicted molar refractivity (Wildman–Crippen MR) is 120 cm³/mol. The summed E-state index contributed by atoms with van der Waals surface area (Å²) < 4.78 is 0. The number of rotatable bonds is 4. The molecule has 0 aromatic heterocycles. The van der Waals surface area contributed by atoms with E-state index in [1.54, 1.807) is 0 Å². The highest BCUT2D eigenvalue weighted by Gasteiger charge is 2.65. The van der Waals surface area contributed by atoms with Gasteiger partial charge in [0, 0.05) is 35.7 Å². The number of hydrogen-bond donors (Lipinski definition) is 1. The summed E-state index contributed by atoms with van der Waals surface area (Å²) in [6.07, 6.45) is 7.02. The maximum atomic E-state index is 13.8. The van der Waals surface area contributed by atoms with Gasteiger partial charge in [-0.2, -0.15) is 0 Å². The maximum absolute atomic E-state index is 13.8. The first-order valence-electron chi connectivity index (χ1n) is 12.3. The van der Waals surface area contributed by atoms with Gasteiger partial charge in [-0.1, -0.05) is 47.1 Å². The Morgan fingerprint density at radius 2 is 1.74 bits per heavy atom. The Bertz CT molecular complexity index is 866. The molecule has 4 aliphatic carbocycles. The van der Waals surface area contributed by atoms with E-state index >= 15 is 0 Å². The van der Waals surface area contributed by atoms with Gasteiger partial charge in [0.25, 0.3) is 0 Å². The summed E-state index contributed by atoms with van der Waals surface area (Å²) >= 11 is 0. The van der Waals surface area contributed by atoms with E-state index in [2.05, 4.69) is 41.5 Å². The number of carbonyl (C=O) groups excluding carboxylic acids is 2. The molecule has 0 saturated heterocycles. The van der Waals surface area contributed by atoms with Crippen LogP contribution in [0.4, 0.5) is 0 Å². The van der Waals surface area contributed by atoms with E-state index in [1.807, 2.05) is 0 Å². The van der Waals surface area contributed by atoms with Crippen LogP contribution in [0.25, 0.3) is 0 Å². The van der Waals surface area contributed by atoms with Crippen molar-refractivity contribution in [1.29, 1.82) is 0 Å². The summed E-state index contributed by atoms with van der Waals surface area (Å²) in [6.45, 7) is 13.4. The van der Waals surface area contributed by atoms with Gasteiger partial charge in [-0.3, -0.25) is 14.4 Å². The zero-order valence-corrected chi connectivity index (χ0v) is 20.3. The van der Waals surface area contributed by atoms with Crippen molar-refractivity contribution < 1.29 is 19.5 Å². The van der Waals surface area contributed by atoms with Crippen molar-refractivity contribution in [2.24, 2.45) is 39.4 Å². The third kappa shape index (κ3) is 2.95. The predicted octanol–water partition coefficient (Wildman–Crippen LogP) is 5.98. The minimum atomic E-state index is -0.720. The number of aliphatic carboxylic acids is 1. The Morgan fingerprint density at radius 3 is 2.39 bits per heavy atom. The van der Waals surface area contributed by atoms with Crippen molar-refractivity contribution >= 4 is 17.5 Å². The number of carboxylic acid groups (broad SMARTS) is 1. The molecule has 172 valence electrons. The van der Waals surface area contributed by atoms with Crippen LogP contribution in [0.3, 0.4) is 0 Å². The van der Waals surface area contributed by atoms with E-state index in [-0.39, 0.29) is 34.4 Å². The Balaban J connectivity index is 1.75. The zero-order chi connectivity index (χ0) is 23.0. The van der Waals surface area contributed by atoms with Crippen molar-refractivity contribution in [2.75, 3.05) is 0 Å². The summed E-state index contributed by atoms with van der Waals surface area (Å²) in [6, 6.07) is 0. The van der Waals surface area contributed by atoms with E-state index in [0.717, 1.165) is 37.7 Å². The first-order chi connectivity index (χ1) is 14.3. The second-order valence-corrected chi connectivity index (χ2v) is 12.4. The molecular weight excluding hydrogens is 388 g/mol. The van der Waals surface area contributed by atoms with Gasteiger partial charge in [0.1, 0.15) is 5.78 Å². The van der Waals surface area contributed by atoms with E-state index in [1.165, 1.54) is 5.57 Å². The van der Waals surface area contributed by atoms with Crippen LogP contribution in [-0.4, -0.2) is 22.6 Å². The van der Waals surface area contributed by atoms with Crippen LogP contribution in [-0.2, 0) is 14.4 Å². The fourth-order valence-corrected chi connectivity index (χ4v) is 8.67. The quantitative estimate of drug-likeness (QED) is 0.597. The molecule has 0 spiro atoms. The number of Topliss-reactive ketones (excluding diaryl/α,β-unsaturated/α-hetero) is 2. The van der Waals surface area contributed by atoms with E-state index < -0.39 is 11.4 Å². The molecule has 0 unspecified atom stereocenters. The molecule has 0 bridgehead atoms. The highest BCUT2D eigenvalue weighted by Crippen LogP contribution is 2.71. The highest BCUT2D eigenvalue weighted by molar-refractivity contribution is 6.00. The van der Waals surface area contributed by atoms with Crippen LogP contribution in [0, 0.1) is 39.4 Å². The van der Waals surface area contributed by atoms with Gasteiger partial charge in [-0.05, 0) is 67.1 Å². The molecular formula is C27H40O4. The second kappa shape index (κ2) is 7.02. The fraction of sp³-hybridized carbons (Fsp3) is 0.815. The first-order valence-corrected chi connectivity index (χ1v) is 12.3. The first kappa shape index (κ1) is 22.7. The summed E-state index contributed by atoms with van der Waals surface area (Å²) in [5, 5.41) is 9.16. The Morgan fingerprint density at radius 1 is 1.06 bits per heavy atom. The van der Waals surface area contributed by atoms with E-state index in [0.29, 0.717) is 36.9 Å². The van der Waals surface area contributed by atoms with Crippen molar-refractivity contribution in [3.63, 3.8) is 0 Å². The molecule has 0 aromatic rings. The molecule has 2 saturated carbocycles. The fourth-order valence-electron chi connectivity index (χ4n) is 8.67. The lowest BCUT2D eigenvalue weighted by molar-refractivity contribution is -0.142. The minimum absolute atomic E-state index is 0.0304. The second-order valence-electron chi connectivity index (χ2n) is 12.4. The third-order valence-corrected chi connectivity index (χ3v) is 10.9. The zero-order valence-electron chi connectivity index (χ0n) is 20.3. The van der Waals surface area contributed by atoms with Crippen molar-refractivity contribution in [2.45, 2.75) is 99.3 Å². The highest BCUT2D eigenvalue weighted by atomic mass is 16.4. The van der Waals surface area contributed by atoms with Gasteiger partial charge in [0.2, 0.25) is 0 Å². The maximum Gasteiger partial charge on any atom is 0.303 e. The standard InChI is InChI=1S/C27H40O4/c1-16(7-8-22(30)31)17-9-14-27(6)23-18(10-13-26(17,27)5)25(4)12-11-21(29)24(2,3)20(25)15-19(23)28/h16-17,20H,7-15H2,1-6H3,(H,30,31)/t16-,17-,20+,25-,26-,27+/m1/s1.